The van der Waals surface area contributed by atoms with Crippen molar-refractivity contribution in [3.8, 4) is 0 Å². The van der Waals surface area contributed by atoms with Gasteiger partial charge in [-0.05, 0) is 19.3 Å². The van der Waals surface area contributed by atoms with Gasteiger partial charge in [-0.15, -0.1) is 0 Å². The summed E-state index contributed by atoms with van der Waals surface area (Å²) in [5.41, 5.74) is 0. The summed E-state index contributed by atoms with van der Waals surface area (Å²) >= 11 is 0. The predicted molar refractivity (Wildman–Crippen MR) is 49.2 cm³/mol. The first-order valence-corrected chi connectivity index (χ1v) is 4.64. The first-order chi connectivity index (χ1) is 6.57. The summed E-state index contributed by atoms with van der Waals surface area (Å²) in [7, 11) is 0. The molecule has 0 saturated carbocycles. The number of carboxylic acids is 2. The van der Waals surface area contributed by atoms with Crippen LogP contribution in [0.15, 0.2) is 0 Å². The molecule has 0 heterocycles. The number of carboxylic acid groups (broad SMARTS) is 2. The summed E-state index contributed by atoms with van der Waals surface area (Å²) in [6.07, 6.45) is 0.453. The molecule has 14 heavy (non-hydrogen) atoms. The highest BCUT2D eigenvalue weighted by Gasteiger charge is 2.17. The van der Waals surface area contributed by atoms with Gasteiger partial charge in [0.15, 0.2) is 6.10 Å². The Morgan fingerprint density at radius 1 is 1.36 bits per heavy atom. The Morgan fingerprint density at radius 3 is 2.43 bits per heavy atom. The van der Waals surface area contributed by atoms with Gasteiger partial charge in [0.1, 0.15) is 0 Å². The number of carbonyl (C=O) groups is 2. The maximum atomic E-state index is 10.6. The van der Waals surface area contributed by atoms with Gasteiger partial charge < -0.3 is 14.9 Å². The van der Waals surface area contributed by atoms with Gasteiger partial charge in [0.05, 0.1) is 0 Å². The molecule has 5 heteroatoms. The van der Waals surface area contributed by atoms with E-state index in [9.17, 15) is 9.59 Å². The molecule has 82 valence electrons. The van der Waals surface area contributed by atoms with Crippen LogP contribution in [0.1, 0.15) is 32.6 Å². The van der Waals surface area contributed by atoms with Gasteiger partial charge in [-0.25, -0.2) is 4.79 Å². The van der Waals surface area contributed by atoms with Crippen molar-refractivity contribution in [1.29, 1.82) is 0 Å². The van der Waals surface area contributed by atoms with E-state index in [-0.39, 0.29) is 12.8 Å². The molecule has 1 atom stereocenters. The number of rotatable bonds is 8. The summed E-state index contributed by atoms with van der Waals surface area (Å²) in [4.78, 5) is 20.8. The average molecular weight is 204 g/mol. The highest BCUT2D eigenvalue weighted by molar-refractivity contribution is 5.72. The minimum absolute atomic E-state index is 0.0146. The van der Waals surface area contributed by atoms with Gasteiger partial charge in [-0.3, -0.25) is 4.79 Å². The van der Waals surface area contributed by atoms with Gasteiger partial charge in [0.2, 0.25) is 0 Å². The van der Waals surface area contributed by atoms with Gasteiger partial charge >= 0.3 is 11.9 Å². The molecular formula is C9H16O5. The van der Waals surface area contributed by atoms with E-state index in [1.54, 1.807) is 0 Å². The Hall–Kier alpha value is -1.10. The van der Waals surface area contributed by atoms with E-state index in [4.69, 9.17) is 14.9 Å². The first-order valence-electron chi connectivity index (χ1n) is 4.64. The second-order valence-corrected chi connectivity index (χ2v) is 2.98. The molecule has 0 aliphatic heterocycles. The lowest BCUT2D eigenvalue weighted by Crippen LogP contribution is -2.24. The SMILES string of the molecule is CCCOC(CCCC(=O)O)C(=O)O. The number of aliphatic carboxylic acids is 2. The van der Waals surface area contributed by atoms with Crippen LogP contribution < -0.4 is 0 Å². The number of ether oxygens (including phenoxy) is 1. The minimum Gasteiger partial charge on any atom is -0.481 e. The quantitative estimate of drug-likeness (QED) is 0.619. The Balaban J connectivity index is 3.73. The minimum atomic E-state index is -1.02. The molecule has 0 spiro atoms. The van der Waals surface area contributed by atoms with Crippen LogP contribution in [0.25, 0.3) is 0 Å². The van der Waals surface area contributed by atoms with Crippen molar-refractivity contribution in [2.75, 3.05) is 6.61 Å². The zero-order chi connectivity index (χ0) is 11.0. The zero-order valence-electron chi connectivity index (χ0n) is 8.23. The fourth-order valence-electron chi connectivity index (χ4n) is 0.977. The molecule has 0 fully saturated rings. The van der Waals surface area contributed by atoms with Crippen LogP contribution in [0, 0.1) is 0 Å². The summed E-state index contributed by atoms with van der Waals surface area (Å²) in [5, 5.41) is 17.0. The van der Waals surface area contributed by atoms with Gasteiger partial charge in [-0.1, -0.05) is 6.92 Å². The van der Waals surface area contributed by atoms with E-state index in [0.717, 1.165) is 6.42 Å². The van der Waals surface area contributed by atoms with Gasteiger partial charge in [-0.2, -0.15) is 0 Å². The molecule has 0 radical (unpaired) electrons. The molecule has 0 aliphatic carbocycles. The molecule has 0 aromatic carbocycles. The second kappa shape index (κ2) is 7.32. The summed E-state index contributed by atoms with van der Waals surface area (Å²) in [6, 6.07) is 0. The van der Waals surface area contributed by atoms with Crippen LogP contribution in [0.4, 0.5) is 0 Å². The Kier molecular flexibility index (Phi) is 6.74. The Labute approximate surface area is 82.7 Å². The smallest absolute Gasteiger partial charge is 0.332 e. The topological polar surface area (TPSA) is 83.8 Å². The molecule has 5 nitrogen and oxygen atoms in total. The summed E-state index contributed by atoms with van der Waals surface area (Å²) in [5.74, 6) is -1.94. The van der Waals surface area contributed by atoms with Crippen molar-refractivity contribution in [1.82, 2.24) is 0 Å². The second-order valence-electron chi connectivity index (χ2n) is 2.98. The van der Waals surface area contributed by atoms with Crippen LogP contribution >= 0.6 is 0 Å². The highest BCUT2D eigenvalue weighted by Crippen LogP contribution is 2.06. The molecule has 2 N–H and O–H groups in total. The van der Waals surface area contributed by atoms with Gasteiger partial charge in [0.25, 0.3) is 0 Å². The number of hydrogen-bond donors (Lipinski definition) is 2. The lowest BCUT2D eigenvalue weighted by Gasteiger charge is -2.11. The molecule has 0 aromatic rings. The van der Waals surface area contributed by atoms with Crippen molar-refractivity contribution in [2.45, 2.75) is 38.7 Å². The summed E-state index contributed by atoms with van der Waals surface area (Å²) in [6.45, 7) is 2.28. The lowest BCUT2D eigenvalue weighted by atomic mass is 10.1. The Bertz CT molecular complexity index is 190. The van der Waals surface area contributed by atoms with E-state index >= 15 is 0 Å². The third-order valence-electron chi connectivity index (χ3n) is 1.66. The normalized spacial score (nSPS) is 12.4. The maximum absolute atomic E-state index is 10.6. The standard InChI is InChI=1S/C9H16O5/c1-2-6-14-7(9(12)13)4-3-5-8(10)11/h7H,2-6H2,1H3,(H,10,11)(H,12,13). The molecule has 0 amide bonds. The van der Waals surface area contributed by atoms with Crippen LogP contribution in [-0.4, -0.2) is 34.9 Å². The van der Waals surface area contributed by atoms with Crippen LogP contribution in [0.2, 0.25) is 0 Å². The Morgan fingerprint density at radius 2 is 2.00 bits per heavy atom. The molecule has 0 saturated heterocycles. The fraction of sp³-hybridized carbons (Fsp3) is 0.778. The molecule has 1 unspecified atom stereocenters. The summed E-state index contributed by atoms with van der Waals surface area (Å²) < 4.78 is 5.04. The largest absolute Gasteiger partial charge is 0.481 e. The van der Waals surface area contributed by atoms with Crippen LogP contribution in [0.3, 0.4) is 0 Å². The van der Waals surface area contributed by atoms with E-state index in [2.05, 4.69) is 0 Å². The third kappa shape index (κ3) is 6.42. The van der Waals surface area contributed by atoms with Gasteiger partial charge in [0, 0.05) is 13.0 Å². The van der Waals surface area contributed by atoms with Crippen molar-refractivity contribution in [2.24, 2.45) is 0 Å². The molecule has 0 aromatic heterocycles. The number of hydrogen-bond acceptors (Lipinski definition) is 3. The van der Waals surface area contributed by atoms with Crippen molar-refractivity contribution in [3.05, 3.63) is 0 Å². The first kappa shape index (κ1) is 12.9. The molecule has 0 aliphatic rings. The lowest BCUT2D eigenvalue weighted by molar-refractivity contribution is -0.151. The predicted octanol–water partition coefficient (Wildman–Crippen LogP) is 1.12. The van der Waals surface area contributed by atoms with E-state index in [1.807, 2.05) is 6.92 Å². The zero-order valence-corrected chi connectivity index (χ0v) is 8.23. The van der Waals surface area contributed by atoms with E-state index in [0.29, 0.717) is 13.0 Å². The molecule has 0 bridgehead atoms. The van der Waals surface area contributed by atoms with Crippen molar-refractivity contribution in [3.63, 3.8) is 0 Å². The highest BCUT2D eigenvalue weighted by atomic mass is 16.5. The van der Waals surface area contributed by atoms with Crippen molar-refractivity contribution >= 4 is 11.9 Å². The monoisotopic (exact) mass is 204 g/mol. The maximum Gasteiger partial charge on any atom is 0.332 e. The van der Waals surface area contributed by atoms with Crippen molar-refractivity contribution < 1.29 is 24.5 Å². The van der Waals surface area contributed by atoms with Crippen LogP contribution in [-0.2, 0) is 14.3 Å². The van der Waals surface area contributed by atoms with E-state index in [1.165, 1.54) is 0 Å². The fourth-order valence-corrected chi connectivity index (χ4v) is 0.977. The molecular weight excluding hydrogens is 188 g/mol. The third-order valence-corrected chi connectivity index (χ3v) is 1.66. The molecule has 0 rings (SSSR count). The van der Waals surface area contributed by atoms with Crippen LogP contribution in [0.5, 0.6) is 0 Å². The van der Waals surface area contributed by atoms with E-state index < -0.39 is 18.0 Å². The average Bonchev–Trinajstić information content (AvgIpc) is 2.09.